The van der Waals surface area contributed by atoms with Crippen molar-refractivity contribution in [3.63, 3.8) is 0 Å². The van der Waals surface area contributed by atoms with Gasteiger partial charge in [-0.05, 0) is 36.5 Å². The lowest BCUT2D eigenvalue weighted by Gasteiger charge is -2.23. The van der Waals surface area contributed by atoms with E-state index in [0.29, 0.717) is 12.2 Å². The van der Waals surface area contributed by atoms with Gasteiger partial charge in [-0.3, -0.25) is 0 Å². The van der Waals surface area contributed by atoms with Crippen molar-refractivity contribution >= 4 is 17.0 Å². The van der Waals surface area contributed by atoms with E-state index in [0.717, 1.165) is 18.5 Å². The minimum atomic E-state index is -0.151. The number of halogens is 1. The zero-order valence-corrected chi connectivity index (χ0v) is 12.1. The van der Waals surface area contributed by atoms with E-state index in [4.69, 9.17) is 0 Å². The van der Waals surface area contributed by atoms with Gasteiger partial charge in [-0.1, -0.05) is 18.2 Å². The van der Waals surface area contributed by atoms with E-state index < -0.39 is 0 Å². The van der Waals surface area contributed by atoms with Crippen LogP contribution in [-0.4, -0.2) is 20.6 Å². The summed E-state index contributed by atoms with van der Waals surface area (Å²) in [5.74, 6) is -0.151. The van der Waals surface area contributed by atoms with Crippen LogP contribution in [-0.2, 0) is 13.0 Å². The van der Waals surface area contributed by atoms with Crippen LogP contribution in [0.1, 0.15) is 10.4 Å². The monoisotopic (exact) mass is 278 g/mol. The summed E-state index contributed by atoms with van der Waals surface area (Å²) in [5.41, 5.74) is 1.70. The number of thiophene rings is 1. The average molecular weight is 278 g/mol. The maximum absolute atomic E-state index is 14.0. The smallest absolute Gasteiger partial charge is 0.146 e. The summed E-state index contributed by atoms with van der Waals surface area (Å²) in [6.45, 7) is 1.49. The van der Waals surface area contributed by atoms with E-state index in [2.05, 4.69) is 22.8 Å². The fraction of sp³-hybridized carbons (Fsp3) is 0.333. The standard InChI is InChI=1S/C15H19FN2S/c1-17-11-12-5-3-7-14(16)15(12)18(2)9-8-13-6-4-10-19-13/h3-7,10,17H,8-9,11H2,1-2H3. The summed E-state index contributed by atoms with van der Waals surface area (Å²) in [5, 5.41) is 5.16. The molecule has 0 bridgehead atoms. The van der Waals surface area contributed by atoms with Crippen LogP contribution in [0.5, 0.6) is 0 Å². The number of hydrogen-bond acceptors (Lipinski definition) is 3. The van der Waals surface area contributed by atoms with E-state index in [-0.39, 0.29) is 5.82 Å². The quantitative estimate of drug-likeness (QED) is 0.872. The van der Waals surface area contributed by atoms with Gasteiger partial charge in [0.25, 0.3) is 0 Å². The lowest BCUT2D eigenvalue weighted by Crippen LogP contribution is -2.23. The molecule has 2 aromatic rings. The lowest BCUT2D eigenvalue weighted by atomic mass is 10.1. The van der Waals surface area contributed by atoms with Gasteiger partial charge in [-0.2, -0.15) is 0 Å². The van der Waals surface area contributed by atoms with Crippen molar-refractivity contribution in [3.05, 3.63) is 52.0 Å². The van der Waals surface area contributed by atoms with Crippen molar-refractivity contribution in [3.8, 4) is 0 Å². The minimum Gasteiger partial charge on any atom is -0.372 e. The first-order valence-corrected chi connectivity index (χ1v) is 7.26. The molecule has 0 aliphatic rings. The molecule has 1 N–H and O–H groups in total. The van der Waals surface area contributed by atoms with E-state index in [9.17, 15) is 4.39 Å². The fourth-order valence-electron chi connectivity index (χ4n) is 2.17. The Kier molecular flexibility index (Phi) is 4.93. The second-order valence-corrected chi connectivity index (χ2v) is 5.56. The molecule has 0 saturated carbocycles. The Bertz CT molecular complexity index is 511. The van der Waals surface area contributed by atoms with Gasteiger partial charge in [0.1, 0.15) is 5.82 Å². The molecular weight excluding hydrogens is 259 g/mol. The van der Waals surface area contributed by atoms with Crippen molar-refractivity contribution in [2.24, 2.45) is 0 Å². The highest BCUT2D eigenvalue weighted by Crippen LogP contribution is 2.24. The SMILES string of the molecule is CNCc1cccc(F)c1N(C)CCc1cccs1. The van der Waals surface area contributed by atoms with Crippen LogP contribution in [0, 0.1) is 5.82 Å². The van der Waals surface area contributed by atoms with Crippen LogP contribution in [0.4, 0.5) is 10.1 Å². The number of nitrogens with one attached hydrogen (secondary N) is 1. The summed E-state index contributed by atoms with van der Waals surface area (Å²) in [7, 11) is 3.82. The van der Waals surface area contributed by atoms with Gasteiger partial charge in [-0.25, -0.2) is 4.39 Å². The number of hydrogen-bond donors (Lipinski definition) is 1. The molecule has 0 aliphatic carbocycles. The summed E-state index contributed by atoms with van der Waals surface area (Å²) in [6, 6.07) is 9.43. The number of likely N-dealkylation sites (N-methyl/N-ethyl adjacent to an activating group) is 1. The highest BCUT2D eigenvalue weighted by Gasteiger charge is 2.12. The Hall–Kier alpha value is -1.39. The second kappa shape index (κ2) is 6.68. The van der Waals surface area contributed by atoms with E-state index in [1.165, 1.54) is 10.9 Å². The van der Waals surface area contributed by atoms with Crippen LogP contribution in [0.15, 0.2) is 35.7 Å². The molecule has 0 atom stereocenters. The molecule has 0 fully saturated rings. The molecule has 0 amide bonds. The topological polar surface area (TPSA) is 15.3 Å². The second-order valence-electron chi connectivity index (χ2n) is 4.53. The van der Waals surface area contributed by atoms with E-state index in [1.54, 1.807) is 17.4 Å². The Labute approximate surface area is 117 Å². The number of anilines is 1. The van der Waals surface area contributed by atoms with Crippen LogP contribution < -0.4 is 10.2 Å². The molecule has 2 nitrogen and oxygen atoms in total. The maximum atomic E-state index is 14.0. The Morgan fingerprint density at radius 2 is 2.11 bits per heavy atom. The van der Waals surface area contributed by atoms with E-state index in [1.807, 2.05) is 25.1 Å². The summed E-state index contributed by atoms with van der Waals surface area (Å²) < 4.78 is 14.0. The molecule has 2 rings (SSSR count). The molecule has 0 radical (unpaired) electrons. The summed E-state index contributed by atoms with van der Waals surface area (Å²) >= 11 is 1.75. The minimum absolute atomic E-state index is 0.151. The van der Waals surface area contributed by atoms with Crippen LogP contribution in [0.2, 0.25) is 0 Å². The van der Waals surface area contributed by atoms with Crippen LogP contribution in [0.3, 0.4) is 0 Å². The molecule has 0 spiro atoms. The van der Waals surface area contributed by atoms with Crippen molar-refractivity contribution in [2.45, 2.75) is 13.0 Å². The van der Waals surface area contributed by atoms with Gasteiger partial charge in [0.05, 0.1) is 5.69 Å². The third-order valence-corrected chi connectivity index (χ3v) is 4.03. The molecule has 102 valence electrons. The predicted octanol–water partition coefficient (Wildman–Crippen LogP) is 3.29. The molecule has 1 heterocycles. The summed E-state index contributed by atoms with van der Waals surface area (Å²) in [4.78, 5) is 3.33. The third-order valence-electron chi connectivity index (χ3n) is 3.09. The van der Waals surface area contributed by atoms with Gasteiger partial charge in [0, 0.05) is 25.0 Å². The molecular formula is C15H19FN2S. The highest BCUT2D eigenvalue weighted by molar-refractivity contribution is 7.09. The first-order valence-electron chi connectivity index (χ1n) is 6.38. The van der Waals surface area contributed by atoms with Crippen molar-refractivity contribution in [2.75, 3.05) is 25.5 Å². The van der Waals surface area contributed by atoms with Gasteiger partial charge < -0.3 is 10.2 Å². The summed E-state index contributed by atoms with van der Waals surface area (Å²) in [6.07, 6.45) is 0.946. The molecule has 0 aliphatic heterocycles. The Morgan fingerprint density at radius 3 is 2.79 bits per heavy atom. The van der Waals surface area contributed by atoms with Crippen LogP contribution >= 0.6 is 11.3 Å². The number of rotatable bonds is 6. The zero-order valence-electron chi connectivity index (χ0n) is 11.3. The molecule has 4 heteroatoms. The van der Waals surface area contributed by atoms with E-state index >= 15 is 0 Å². The first-order chi connectivity index (χ1) is 9.22. The maximum Gasteiger partial charge on any atom is 0.146 e. The molecule has 19 heavy (non-hydrogen) atoms. The molecule has 1 aromatic carbocycles. The highest BCUT2D eigenvalue weighted by atomic mass is 32.1. The van der Waals surface area contributed by atoms with Gasteiger partial charge >= 0.3 is 0 Å². The van der Waals surface area contributed by atoms with Crippen molar-refractivity contribution in [1.82, 2.24) is 5.32 Å². The van der Waals surface area contributed by atoms with Gasteiger partial charge in [0.2, 0.25) is 0 Å². The number of benzene rings is 1. The Morgan fingerprint density at radius 1 is 1.26 bits per heavy atom. The van der Waals surface area contributed by atoms with Gasteiger partial charge in [-0.15, -0.1) is 11.3 Å². The van der Waals surface area contributed by atoms with Crippen LogP contribution in [0.25, 0.3) is 0 Å². The van der Waals surface area contributed by atoms with Crippen molar-refractivity contribution in [1.29, 1.82) is 0 Å². The number of para-hydroxylation sites is 1. The molecule has 1 aromatic heterocycles. The predicted molar refractivity (Wildman–Crippen MR) is 80.5 cm³/mol. The first kappa shape index (κ1) is 14.0. The lowest BCUT2D eigenvalue weighted by molar-refractivity contribution is 0.618. The third kappa shape index (κ3) is 3.55. The van der Waals surface area contributed by atoms with Crippen molar-refractivity contribution < 1.29 is 4.39 Å². The molecule has 0 saturated heterocycles. The Balaban J connectivity index is 2.11. The normalized spacial score (nSPS) is 10.7. The zero-order chi connectivity index (χ0) is 13.7. The average Bonchev–Trinajstić information content (AvgIpc) is 2.90. The molecule has 0 unspecified atom stereocenters. The number of nitrogens with zero attached hydrogens (tertiary/aromatic N) is 1. The fourth-order valence-corrected chi connectivity index (χ4v) is 2.86. The largest absolute Gasteiger partial charge is 0.372 e. The van der Waals surface area contributed by atoms with Gasteiger partial charge in [0.15, 0.2) is 0 Å².